The van der Waals surface area contributed by atoms with E-state index in [4.69, 9.17) is 9.47 Å². The standard InChI is InChI=1S/C15H24N2O2/c1-16-7-9-17(2)8-6-13-4-5-14-15(12-13)19-11-3-10-18-14/h4-5,12,16H,3,6-11H2,1-2H3. The molecule has 0 amide bonds. The lowest BCUT2D eigenvalue weighted by atomic mass is 10.1. The van der Waals surface area contributed by atoms with Gasteiger partial charge in [0.05, 0.1) is 13.2 Å². The molecule has 0 atom stereocenters. The minimum absolute atomic E-state index is 0.749. The third-order valence-electron chi connectivity index (χ3n) is 3.34. The van der Waals surface area contributed by atoms with E-state index in [-0.39, 0.29) is 0 Å². The zero-order valence-corrected chi connectivity index (χ0v) is 11.9. The molecule has 19 heavy (non-hydrogen) atoms. The van der Waals surface area contributed by atoms with Crippen LogP contribution in [-0.2, 0) is 6.42 Å². The molecule has 106 valence electrons. The Morgan fingerprint density at radius 1 is 1.16 bits per heavy atom. The molecule has 1 N–H and O–H groups in total. The van der Waals surface area contributed by atoms with Gasteiger partial charge in [-0.1, -0.05) is 6.07 Å². The topological polar surface area (TPSA) is 33.7 Å². The minimum atomic E-state index is 0.749. The second-order valence-electron chi connectivity index (χ2n) is 4.99. The molecule has 4 nitrogen and oxygen atoms in total. The number of likely N-dealkylation sites (N-methyl/N-ethyl adjacent to an activating group) is 2. The van der Waals surface area contributed by atoms with E-state index in [1.165, 1.54) is 5.56 Å². The van der Waals surface area contributed by atoms with Gasteiger partial charge in [0.25, 0.3) is 0 Å². The normalized spacial score (nSPS) is 14.5. The first-order chi connectivity index (χ1) is 9.29. The van der Waals surface area contributed by atoms with Gasteiger partial charge in [0, 0.05) is 26.1 Å². The molecule has 0 radical (unpaired) electrons. The summed E-state index contributed by atoms with van der Waals surface area (Å²) in [5, 5.41) is 3.17. The maximum absolute atomic E-state index is 5.71. The molecule has 4 heteroatoms. The average molecular weight is 264 g/mol. The molecule has 0 aromatic heterocycles. The van der Waals surface area contributed by atoms with Gasteiger partial charge in [0.15, 0.2) is 11.5 Å². The highest BCUT2D eigenvalue weighted by atomic mass is 16.5. The lowest BCUT2D eigenvalue weighted by Crippen LogP contribution is -2.29. The molecular weight excluding hydrogens is 240 g/mol. The van der Waals surface area contributed by atoms with Crippen molar-refractivity contribution in [2.24, 2.45) is 0 Å². The lowest BCUT2D eigenvalue weighted by molar-refractivity contribution is 0.297. The molecule has 1 aromatic carbocycles. The van der Waals surface area contributed by atoms with E-state index in [9.17, 15) is 0 Å². The van der Waals surface area contributed by atoms with Crippen molar-refractivity contribution in [3.63, 3.8) is 0 Å². The number of rotatable bonds is 6. The Bertz CT molecular complexity index is 396. The second-order valence-corrected chi connectivity index (χ2v) is 4.99. The fraction of sp³-hybridized carbons (Fsp3) is 0.600. The van der Waals surface area contributed by atoms with Crippen LogP contribution in [0.2, 0.25) is 0 Å². The van der Waals surface area contributed by atoms with Gasteiger partial charge >= 0.3 is 0 Å². The SMILES string of the molecule is CNCCN(C)CCc1ccc2c(c1)OCCCO2. The number of fused-ring (bicyclic) bond motifs is 1. The van der Waals surface area contributed by atoms with E-state index in [1.807, 2.05) is 13.1 Å². The van der Waals surface area contributed by atoms with Crippen LogP contribution in [0.5, 0.6) is 11.5 Å². The van der Waals surface area contributed by atoms with Crippen molar-refractivity contribution in [3.05, 3.63) is 23.8 Å². The van der Waals surface area contributed by atoms with Crippen molar-refractivity contribution in [2.75, 3.05) is 46.9 Å². The van der Waals surface area contributed by atoms with Crippen molar-refractivity contribution < 1.29 is 9.47 Å². The Hall–Kier alpha value is -1.26. The molecule has 1 aliphatic heterocycles. The van der Waals surface area contributed by atoms with Gasteiger partial charge in [-0.2, -0.15) is 0 Å². The van der Waals surface area contributed by atoms with Crippen LogP contribution in [0, 0.1) is 0 Å². The van der Waals surface area contributed by atoms with Gasteiger partial charge in [0.1, 0.15) is 0 Å². The Labute approximate surface area is 115 Å². The molecule has 0 bridgehead atoms. The summed E-state index contributed by atoms with van der Waals surface area (Å²) < 4.78 is 11.4. The van der Waals surface area contributed by atoms with E-state index >= 15 is 0 Å². The summed E-state index contributed by atoms with van der Waals surface area (Å²) >= 11 is 0. The van der Waals surface area contributed by atoms with Crippen molar-refractivity contribution in [3.8, 4) is 11.5 Å². The van der Waals surface area contributed by atoms with Gasteiger partial charge in [0.2, 0.25) is 0 Å². The first-order valence-electron chi connectivity index (χ1n) is 7.01. The number of nitrogens with one attached hydrogen (secondary N) is 1. The zero-order chi connectivity index (χ0) is 13.5. The molecule has 1 aromatic rings. The van der Waals surface area contributed by atoms with Crippen LogP contribution in [0.3, 0.4) is 0 Å². The Morgan fingerprint density at radius 2 is 1.95 bits per heavy atom. The number of ether oxygens (including phenoxy) is 2. The maximum Gasteiger partial charge on any atom is 0.161 e. The molecule has 0 saturated carbocycles. The van der Waals surface area contributed by atoms with Gasteiger partial charge < -0.3 is 19.7 Å². The van der Waals surface area contributed by atoms with Gasteiger partial charge in [-0.05, 0) is 38.2 Å². The van der Waals surface area contributed by atoms with Crippen LogP contribution in [-0.4, -0.2) is 51.8 Å². The van der Waals surface area contributed by atoms with Crippen molar-refractivity contribution in [1.82, 2.24) is 10.2 Å². The third kappa shape index (κ3) is 4.40. The van der Waals surface area contributed by atoms with Crippen LogP contribution in [0.25, 0.3) is 0 Å². The quantitative estimate of drug-likeness (QED) is 0.845. The smallest absolute Gasteiger partial charge is 0.161 e. The molecular formula is C15H24N2O2. The summed E-state index contributed by atoms with van der Waals surface area (Å²) in [6.07, 6.45) is 1.99. The number of hydrogen-bond donors (Lipinski definition) is 1. The highest BCUT2D eigenvalue weighted by Gasteiger charge is 2.10. The highest BCUT2D eigenvalue weighted by molar-refractivity contribution is 5.43. The van der Waals surface area contributed by atoms with E-state index in [1.54, 1.807) is 0 Å². The molecule has 1 aliphatic rings. The monoisotopic (exact) mass is 264 g/mol. The summed E-state index contributed by atoms with van der Waals surface area (Å²) in [6.45, 7) is 4.65. The largest absolute Gasteiger partial charge is 0.490 e. The summed E-state index contributed by atoms with van der Waals surface area (Å²) in [5.41, 5.74) is 1.31. The minimum Gasteiger partial charge on any atom is -0.490 e. The number of nitrogens with zero attached hydrogens (tertiary/aromatic N) is 1. The molecule has 1 heterocycles. The van der Waals surface area contributed by atoms with Crippen LogP contribution in [0.1, 0.15) is 12.0 Å². The summed E-state index contributed by atoms with van der Waals surface area (Å²) in [4.78, 5) is 2.33. The second kappa shape index (κ2) is 7.36. The van der Waals surface area contributed by atoms with Gasteiger partial charge in [-0.15, -0.1) is 0 Å². The third-order valence-corrected chi connectivity index (χ3v) is 3.34. The van der Waals surface area contributed by atoms with E-state index < -0.39 is 0 Å². The van der Waals surface area contributed by atoms with Crippen LogP contribution >= 0.6 is 0 Å². The summed E-state index contributed by atoms with van der Waals surface area (Å²) in [5.74, 6) is 1.78. The van der Waals surface area contributed by atoms with Crippen molar-refractivity contribution in [1.29, 1.82) is 0 Å². The van der Waals surface area contributed by atoms with Gasteiger partial charge in [-0.25, -0.2) is 0 Å². The molecule has 2 rings (SSSR count). The fourth-order valence-electron chi connectivity index (χ4n) is 2.10. The lowest BCUT2D eigenvalue weighted by Gasteiger charge is -2.16. The van der Waals surface area contributed by atoms with Crippen LogP contribution in [0.15, 0.2) is 18.2 Å². The summed E-state index contributed by atoms with van der Waals surface area (Å²) in [6, 6.07) is 6.29. The molecule has 0 unspecified atom stereocenters. The first kappa shape index (κ1) is 14.2. The predicted molar refractivity (Wildman–Crippen MR) is 77.2 cm³/mol. The number of benzene rings is 1. The fourth-order valence-corrected chi connectivity index (χ4v) is 2.10. The van der Waals surface area contributed by atoms with Crippen molar-refractivity contribution in [2.45, 2.75) is 12.8 Å². The van der Waals surface area contributed by atoms with E-state index in [0.717, 1.165) is 57.2 Å². The van der Waals surface area contributed by atoms with Gasteiger partial charge in [-0.3, -0.25) is 0 Å². The highest BCUT2D eigenvalue weighted by Crippen LogP contribution is 2.30. The van der Waals surface area contributed by atoms with Crippen LogP contribution < -0.4 is 14.8 Å². The Balaban J connectivity index is 1.89. The van der Waals surface area contributed by atoms with Crippen molar-refractivity contribution >= 4 is 0 Å². The molecule has 0 fully saturated rings. The maximum atomic E-state index is 5.71. The van der Waals surface area contributed by atoms with E-state index in [2.05, 4.69) is 29.4 Å². The van der Waals surface area contributed by atoms with E-state index in [0.29, 0.717) is 0 Å². The molecule has 0 saturated heterocycles. The Morgan fingerprint density at radius 3 is 2.74 bits per heavy atom. The first-order valence-corrected chi connectivity index (χ1v) is 7.01. The predicted octanol–water partition coefficient (Wildman–Crippen LogP) is 1.54. The Kier molecular flexibility index (Phi) is 5.48. The van der Waals surface area contributed by atoms with Crippen LogP contribution in [0.4, 0.5) is 0 Å². The summed E-state index contributed by atoms with van der Waals surface area (Å²) in [7, 11) is 4.14. The number of hydrogen-bond acceptors (Lipinski definition) is 4. The zero-order valence-electron chi connectivity index (χ0n) is 11.9. The molecule has 0 aliphatic carbocycles. The average Bonchev–Trinajstić information content (AvgIpc) is 2.67. The molecule has 0 spiro atoms.